The van der Waals surface area contributed by atoms with Crippen LogP contribution in [-0.4, -0.2) is 91.5 Å². The molecule has 6 N–H and O–H groups in total. The third kappa shape index (κ3) is 11.5. The zero-order chi connectivity index (χ0) is 54.1. The highest BCUT2D eigenvalue weighted by Crippen LogP contribution is 2.49. The number of nitrogens with zero attached hydrogens (tertiary/aromatic N) is 3. The number of ether oxygens (including phenoxy) is 3. The lowest BCUT2D eigenvalue weighted by molar-refractivity contribution is 0.0639. The minimum absolute atomic E-state index is 0.0268. The van der Waals surface area contributed by atoms with Crippen LogP contribution in [0.15, 0.2) is 115 Å². The second-order valence-corrected chi connectivity index (χ2v) is 25.2. The molecule has 0 bridgehead atoms. The number of hydrogen-bond acceptors (Lipinski definition) is 9. The average Bonchev–Trinajstić information content (AvgIpc) is 4.14. The van der Waals surface area contributed by atoms with Crippen molar-refractivity contribution >= 4 is 85.5 Å². The number of nitrogens with two attached hydrogens (primary N) is 3. The van der Waals surface area contributed by atoms with Crippen molar-refractivity contribution in [3.8, 4) is 17.2 Å². The predicted octanol–water partition coefficient (Wildman–Crippen LogP) is 10.6. The van der Waals surface area contributed by atoms with Gasteiger partial charge in [-0.3, -0.25) is 14.4 Å². The van der Waals surface area contributed by atoms with E-state index in [1.54, 1.807) is 0 Å². The number of carbonyl (C=O) groups excluding carboxylic acids is 3. The molecule has 6 aliphatic heterocycles. The molecule has 0 saturated carbocycles. The first kappa shape index (κ1) is 55.5. The fourth-order valence-corrected chi connectivity index (χ4v) is 13.1. The van der Waals surface area contributed by atoms with Crippen LogP contribution in [0.5, 0.6) is 17.2 Å². The average molecular weight is 1370 g/mol. The lowest BCUT2D eigenvalue weighted by atomic mass is 9.74. The van der Waals surface area contributed by atoms with Crippen molar-refractivity contribution in [2.24, 2.45) is 17.2 Å². The van der Waals surface area contributed by atoms with Crippen molar-refractivity contribution in [2.45, 2.75) is 88.3 Å². The Labute approximate surface area is 493 Å². The summed E-state index contributed by atoms with van der Waals surface area (Å²) in [5, 5.41) is 0. The molecule has 0 aromatic heterocycles. The number of piperidine rings is 3. The highest BCUT2D eigenvalue weighted by Gasteiger charge is 2.46. The lowest BCUT2D eigenvalue weighted by Gasteiger charge is -2.38. The Morgan fingerprint density at radius 3 is 1.14 bits per heavy atom. The van der Waals surface area contributed by atoms with Crippen molar-refractivity contribution in [3.63, 3.8) is 0 Å². The molecule has 6 aliphatic rings. The third-order valence-electron chi connectivity index (χ3n) is 17.0. The Kier molecular flexibility index (Phi) is 16.9. The number of fused-ring (bicyclic) bond motifs is 6. The van der Waals surface area contributed by atoms with Crippen LogP contribution in [-0.2, 0) is 35.9 Å². The van der Waals surface area contributed by atoms with Gasteiger partial charge in [-0.2, -0.15) is 0 Å². The summed E-state index contributed by atoms with van der Waals surface area (Å²) in [6.45, 7) is 12.4. The number of halogens is 3. The van der Waals surface area contributed by atoms with Gasteiger partial charge < -0.3 is 46.1 Å². The van der Waals surface area contributed by atoms with Gasteiger partial charge in [0.1, 0.15) is 17.2 Å². The molecular formula is C62H67I3N6O6. The first-order valence-corrected chi connectivity index (χ1v) is 29.9. The number of aryl methyl sites for hydroxylation is 2. The van der Waals surface area contributed by atoms with E-state index in [0.29, 0.717) is 39.5 Å². The van der Waals surface area contributed by atoms with E-state index in [9.17, 15) is 14.4 Å². The molecule has 15 heteroatoms. The molecule has 3 saturated heterocycles. The maximum absolute atomic E-state index is 12.9. The van der Waals surface area contributed by atoms with Gasteiger partial charge in [0.15, 0.2) is 0 Å². The van der Waals surface area contributed by atoms with Crippen LogP contribution >= 0.6 is 67.8 Å². The zero-order valence-corrected chi connectivity index (χ0v) is 50.3. The fraction of sp³-hybridized carbons (Fsp3) is 0.371. The fourth-order valence-electron chi connectivity index (χ4n) is 11.9. The Morgan fingerprint density at radius 1 is 0.429 bits per heavy atom. The normalized spacial score (nSPS) is 17.9. The van der Waals surface area contributed by atoms with E-state index >= 15 is 0 Å². The summed E-state index contributed by atoms with van der Waals surface area (Å²) < 4.78 is 21.3. The minimum atomic E-state index is 0.0268. The van der Waals surface area contributed by atoms with Gasteiger partial charge >= 0.3 is 0 Å². The van der Waals surface area contributed by atoms with E-state index in [1.165, 1.54) is 25.8 Å². The molecule has 0 aliphatic carbocycles. The molecule has 0 unspecified atom stereocenters. The Balaban J connectivity index is 0.000000131. The van der Waals surface area contributed by atoms with Crippen molar-refractivity contribution < 1.29 is 28.6 Å². The molecule has 12 rings (SSSR count). The summed E-state index contributed by atoms with van der Waals surface area (Å²) in [5.74, 6) is 3.34. The number of benzene rings is 6. The Hall–Kier alpha value is -4.80. The molecule has 6 aromatic carbocycles. The highest BCUT2D eigenvalue weighted by molar-refractivity contribution is 14.1. The maximum atomic E-state index is 12.9. The Bertz CT molecular complexity index is 3040. The summed E-state index contributed by atoms with van der Waals surface area (Å²) >= 11 is 6.84. The summed E-state index contributed by atoms with van der Waals surface area (Å²) in [6.07, 6.45) is 5.60. The number of likely N-dealkylation sites (tertiary alicyclic amines) is 3. The van der Waals surface area contributed by atoms with E-state index in [0.717, 1.165) is 141 Å². The summed E-state index contributed by atoms with van der Waals surface area (Å²) in [5.41, 5.74) is 29.5. The van der Waals surface area contributed by atoms with Gasteiger partial charge in [0.25, 0.3) is 17.7 Å². The van der Waals surface area contributed by atoms with Crippen LogP contribution in [0.3, 0.4) is 0 Å². The largest absolute Gasteiger partial charge is 0.492 e. The quantitative estimate of drug-likeness (QED) is 0.138. The number of rotatable bonds is 6. The van der Waals surface area contributed by atoms with Crippen LogP contribution in [0.25, 0.3) is 0 Å². The Morgan fingerprint density at radius 2 is 0.779 bits per heavy atom. The summed E-state index contributed by atoms with van der Waals surface area (Å²) in [6, 6.07) is 38.5. The van der Waals surface area contributed by atoms with Gasteiger partial charge in [-0.15, -0.1) is 0 Å². The van der Waals surface area contributed by atoms with Gasteiger partial charge in [0, 0.05) is 119 Å². The van der Waals surface area contributed by atoms with Crippen molar-refractivity contribution in [2.75, 3.05) is 59.1 Å². The van der Waals surface area contributed by atoms with E-state index in [2.05, 4.69) is 92.9 Å². The minimum Gasteiger partial charge on any atom is -0.492 e. The molecule has 402 valence electrons. The summed E-state index contributed by atoms with van der Waals surface area (Å²) in [7, 11) is 0. The topological polar surface area (TPSA) is 167 Å². The second kappa shape index (κ2) is 23.5. The van der Waals surface area contributed by atoms with E-state index in [4.69, 9.17) is 31.4 Å². The van der Waals surface area contributed by atoms with E-state index in [1.807, 2.05) is 119 Å². The SMILES string of the molecule is Cc1cc(C(=O)N2CCC3(CC2)COc2ccc(CN)cc23)ccc1I.Cc1ccc(C(=O)N2CCC3(CC2)COc2ccc(CN)cc23)cc1I.NCc1ccc2c(c1)C1(CCN(C(=O)c3ccc(I)cc3)CC1)CO2. The molecular weight excluding hydrogens is 1310 g/mol. The zero-order valence-electron chi connectivity index (χ0n) is 43.9. The predicted molar refractivity (Wildman–Crippen MR) is 327 cm³/mol. The van der Waals surface area contributed by atoms with Crippen molar-refractivity contribution in [1.29, 1.82) is 0 Å². The van der Waals surface area contributed by atoms with Gasteiger partial charge in [-0.25, -0.2) is 0 Å². The van der Waals surface area contributed by atoms with Crippen LogP contribution in [0, 0.1) is 24.6 Å². The smallest absolute Gasteiger partial charge is 0.253 e. The first-order chi connectivity index (χ1) is 37.2. The van der Waals surface area contributed by atoms with Crippen LogP contribution in [0.4, 0.5) is 0 Å². The molecule has 3 spiro atoms. The van der Waals surface area contributed by atoms with Crippen LogP contribution in [0.1, 0.15) is 114 Å². The maximum Gasteiger partial charge on any atom is 0.253 e. The van der Waals surface area contributed by atoms with Crippen molar-refractivity contribution in [3.05, 3.63) is 187 Å². The van der Waals surface area contributed by atoms with E-state index in [-0.39, 0.29) is 34.0 Å². The summed E-state index contributed by atoms with van der Waals surface area (Å²) in [4.78, 5) is 44.4. The molecule has 3 amide bonds. The van der Waals surface area contributed by atoms with Crippen molar-refractivity contribution in [1.82, 2.24) is 14.7 Å². The monoisotopic (exact) mass is 1370 g/mol. The molecule has 3 fully saturated rings. The van der Waals surface area contributed by atoms with Gasteiger partial charge in [0.2, 0.25) is 0 Å². The highest BCUT2D eigenvalue weighted by atomic mass is 127. The first-order valence-electron chi connectivity index (χ1n) is 26.7. The number of carbonyl (C=O) groups is 3. The molecule has 0 radical (unpaired) electrons. The van der Waals surface area contributed by atoms with Gasteiger partial charge in [-0.1, -0.05) is 42.5 Å². The molecule has 0 atom stereocenters. The number of hydrogen-bond donors (Lipinski definition) is 3. The second-order valence-electron chi connectivity index (χ2n) is 21.6. The molecule has 6 aromatic rings. The van der Waals surface area contributed by atoms with Gasteiger partial charge in [-0.05, 0) is 221 Å². The molecule has 6 heterocycles. The molecule has 77 heavy (non-hydrogen) atoms. The lowest BCUT2D eigenvalue weighted by Crippen LogP contribution is -2.46. The number of amides is 3. The third-order valence-corrected chi connectivity index (χ3v) is 20.1. The molecule has 12 nitrogen and oxygen atoms in total. The standard InChI is InChI=1S/2C21H23IN2O2.C20H21IN2O2/c1-14-10-16(3-4-18(14)22)20(25)24-8-6-21(7-9-24)13-26-19-5-2-15(12-23)11-17(19)21;1-14-2-4-16(11-18(14)22)20(25)24-8-6-21(7-9-24)13-26-19-5-3-15(12-23)10-17(19)21;21-16-4-2-15(3-5-16)19(24)23-9-7-20(8-10-23)13-25-18-6-1-14(12-22)11-17(18)20/h2*2-5,10-11H,6-9,12-13,23H2,1H3;1-6,11H,7-10,12-13,22H2. The van der Waals surface area contributed by atoms with Gasteiger partial charge in [0.05, 0.1) is 19.8 Å². The van der Waals surface area contributed by atoms with Crippen LogP contribution in [0.2, 0.25) is 0 Å². The van der Waals surface area contributed by atoms with Crippen LogP contribution < -0.4 is 31.4 Å². The van der Waals surface area contributed by atoms with E-state index < -0.39 is 0 Å².